The zero-order valence-electron chi connectivity index (χ0n) is 13.5. The molecular formula is C19H18N2O4. The van der Waals surface area contributed by atoms with Crippen LogP contribution in [-0.2, 0) is 40.2 Å². The van der Waals surface area contributed by atoms with E-state index < -0.39 is 5.97 Å². The van der Waals surface area contributed by atoms with Crippen molar-refractivity contribution in [3.63, 3.8) is 0 Å². The number of fused-ring (bicyclic) bond motifs is 1. The standard InChI is InChI=1S/C19H18N2O4/c22-16(8-12-3-1-4-13(7-12)9-18(24)25)20-11-15-6-2-5-14-10-17(23)21-19(14)15/h1-7H,8-11H2,(H,20,22)(H,21,23)(H,24,25). The molecule has 1 aliphatic rings. The maximum atomic E-state index is 12.2. The Labute approximate surface area is 144 Å². The number of carboxylic acid groups (broad SMARTS) is 1. The quantitative estimate of drug-likeness (QED) is 0.746. The predicted molar refractivity (Wildman–Crippen MR) is 92.1 cm³/mol. The Hall–Kier alpha value is -3.15. The van der Waals surface area contributed by atoms with Gasteiger partial charge in [-0.3, -0.25) is 14.4 Å². The normalized spacial score (nSPS) is 12.4. The summed E-state index contributed by atoms with van der Waals surface area (Å²) in [5, 5.41) is 14.5. The summed E-state index contributed by atoms with van der Waals surface area (Å²) >= 11 is 0. The summed E-state index contributed by atoms with van der Waals surface area (Å²) in [7, 11) is 0. The minimum Gasteiger partial charge on any atom is -0.481 e. The topological polar surface area (TPSA) is 95.5 Å². The fourth-order valence-electron chi connectivity index (χ4n) is 2.93. The molecule has 25 heavy (non-hydrogen) atoms. The third-order valence-electron chi connectivity index (χ3n) is 4.04. The minimum absolute atomic E-state index is 0.0379. The second kappa shape index (κ2) is 7.17. The van der Waals surface area contributed by atoms with Gasteiger partial charge < -0.3 is 15.7 Å². The zero-order chi connectivity index (χ0) is 17.8. The highest BCUT2D eigenvalue weighted by atomic mass is 16.4. The van der Waals surface area contributed by atoms with Crippen LogP contribution in [0.4, 0.5) is 5.69 Å². The van der Waals surface area contributed by atoms with Gasteiger partial charge in [-0.2, -0.15) is 0 Å². The van der Waals surface area contributed by atoms with Crippen LogP contribution in [0.5, 0.6) is 0 Å². The van der Waals surface area contributed by atoms with Crippen LogP contribution < -0.4 is 10.6 Å². The number of rotatable bonds is 6. The van der Waals surface area contributed by atoms with Crippen molar-refractivity contribution < 1.29 is 19.5 Å². The minimum atomic E-state index is -0.901. The molecule has 3 N–H and O–H groups in total. The lowest BCUT2D eigenvalue weighted by Crippen LogP contribution is -2.25. The van der Waals surface area contributed by atoms with Gasteiger partial charge in [0.15, 0.2) is 0 Å². The van der Waals surface area contributed by atoms with E-state index in [1.807, 2.05) is 18.2 Å². The Morgan fingerprint density at radius 2 is 1.80 bits per heavy atom. The summed E-state index contributed by atoms with van der Waals surface area (Å²) < 4.78 is 0. The third-order valence-corrected chi connectivity index (χ3v) is 4.04. The van der Waals surface area contributed by atoms with E-state index in [1.54, 1.807) is 24.3 Å². The number of carboxylic acids is 1. The van der Waals surface area contributed by atoms with E-state index in [2.05, 4.69) is 10.6 Å². The third kappa shape index (κ3) is 4.23. The van der Waals surface area contributed by atoms with Crippen molar-refractivity contribution in [1.29, 1.82) is 0 Å². The lowest BCUT2D eigenvalue weighted by Gasteiger charge is -2.10. The van der Waals surface area contributed by atoms with Gasteiger partial charge in [-0.1, -0.05) is 42.5 Å². The first-order chi connectivity index (χ1) is 12.0. The molecule has 0 radical (unpaired) electrons. The van der Waals surface area contributed by atoms with E-state index in [9.17, 15) is 14.4 Å². The van der Waals surface area contributed by atoms with Gasteiger partial charge in [0.1, 0.15) is 0 Å². The molecule has 6 nitrogen and oxygen atoms in total. The summed E-state index contributed by atoms with van der Waals surface area (Å²) in [5.74, 6) is -1.10. The molecule has 0 fully saturated rings. The highest BCUT2D eigenvalue weighted by molar-refractivity contribution is 6.00. The molecule has 0 saturated carbocycles. The first-order valence-corrected chi connectivity index (χ1v) is 7.98. The number of carbonyl (C=O) groups excluding carboxylic acids is 2. The molecule has 2 aromatic rings. The maximum Gasteiger partial charge on any atom is 0.307 e. The second-order valence-electron chi connectivity index (χ2n) is 6.02. The fraction of sp³-hybridized carbons (Fsp3) is 0.211. The molecule has 1 heterocycles. The SMILES string of the molecule is O=C(O)Cc1cccc(CC(=O)NCc2cccc3c2NC(=O)C3)c1. The van der Waals surface area contributed by atoms with E-state index >= 15 is 0 Å². The fourth-order valence-corrected chi connectivity index (χ4v) is 2.93. The van der Waals surface area contributed by atoms with Crippen molar-refractivity contribution in [3.05, 3.63) is 64.7 Å². The monoisotopic (exact) mass is 338 g/mol. The van der Waals surface area contributed by atoms with E-state index in [4.69, 9.17) is 5.11 Å². The molecule has 0 unspecified atom stereocenters. The summed E-state index contributed by atoms with van der Waals surface area (Å²) in [5.41, 5.74) is 4.04. The Balaban J connectivity index is 1.60. The summed E-state index contributed by atoms with van der Waals surface area (Å²) in [6, 6.07) is 12.6. The van der Waals surface area contributed by atoms with Crippen LogP contribution in [0, 0.1) is 0 Å². The van der Waals surface area contributed by atoms with Crippen LogP contribution in [0.3, 0.4) is 0 Å². The Kier molecular flexibility index (Phi) is 4.79. The van der Waals surface area contributed by atoms with Gasteiger partial charge in [-0.05, 0) is 22.3 Å². The molecule has 128 valence electrons. The number of para-hydroxylation sites is 1. The van der Waals surface area contributed by atoms with Crippen LogP contribution in [-0.4, -0.2) is 22.9 Å². The molecule has 2 amide bonds. The molecular weight excluding hydrogens is 320 g/mol. The van der Waals surface area contributed by atoms with Gasteiger partial charge in [0.25, 0.3) is 0 Å². The first kappa shape index (κ1) is 16.7. The van der Waals surface area contributed by atoms with E-state index in [1.165, 1.54) is 0 Å². The van der Waals surface area contributed by atoms with Crippen molar-refractivity contribution in [2.24, 2.45) is 0 Å². The van der Waals surface area contributed by atoms with Gasteiger partial charge in [-0.25, -0.2) is 0 Å². The van der Waals surface area contributed by atoms with Crippen LogP contribution in [0.15, 0.2) is 42.5 Å². The smallest absolute Gasteiger partial charge is 0.307 e. The van der Waals surface area contributed by atoms with Crippen molar-refractivity contribution in [2.45, 2.75) is 25.8 Å². The lowest BCUT2D eigenvalue weighted by atomic mass is 10.1. The molecule has 0 bridgehead atoms. The number of carbonyl (C=O) groups is 3. The highest BCUT2D eigenvalue weighted by Gasteiger charge is 2.20. The number of anilines is 1. The number of hydrogen-bond donors (Lipinski definition) is 3. The second-order valence-corrected chi connectivity index (χ2v) is 6.02. The van der Waals surface area contributed by atoms with Gasteiger partial charge in [0.05, 0.1) is 19.3 Å². The van der Waals surface area contributed by atoms with Crippen LogP contribution >= 0.6 is 0 Å². The predicted octanol–water partition coefficient (Wildman–Crippen LogP) is 1.67. The summed E-state index contributed by atoms with van der Waals surface area (Å²) in [6.07, 6.45) is 0.480. The van der Waals surface area contributed by atoms with Crippen LogP contribution in [0.2, 0.25) is 0 Å². The zero-order valence-corrected chi connectivity index (χ0v) is 13.5. The molecule has 1 aliphatic heterocycles. The molecule has 0 spiro atoms. The van der Waals surface area contributed by atoms with Crippen molar-refractivity contribution in [1.82, 2.24) is 5.32 Å². The van der Waals surface area contributed by atoms with Gasteiger partial charge in [0.2, 0.25) is 11.8 Å². The lowest BCUT2D eigenvalue weighted by molar-refractivity contribution is -0.136. The molecule has 3 rings (SSSR count). The van der Waals surface area contributed by atoms with E-state index in [0.717, 1.165) is 22.4 Å². The average molecular weight is 338 g/mol. The molecule has 0 saturated heterocycles. The van der Waals surface area contributed by atoms with Crippen molar-refractivity contribution in [2.75, 3.05) is 5.32 Å². The van der Waals surface area contributed by atoms with Crippen LogP contribution in [0.25, 0.3) is 0 Å². The number of amides is 2. The van der Waals surface area contributed by atoms with E-state index in [0.29, 0.717) is 18.5 Å². The van der Waals surface area contributed by atoms with Gasteiger partial charge in [-0.15, -0.1) is 0 Å². The number of aliphatic carboxylic acids is 1. The molecule has 6 heteroatoms. The molecule has 0 atom stereocenters. The maximum absolute atomic E-state index is 12.2. The Morgan fingerprint density at radius 1 is 1.08 bits per heavy atom. The highest BCUT2D eigenvalue weighted by Crippen LogP contribution is 2.26. The molecule has 0 aromatic heterocycles. The first-order valence-electron chi connectivity index (χ1n) is 7.98. The Bertz CT molecular complexity index is 845. The number of hydrogen-bond acceptors (Lipinski definition) is 3. The van der Waals surface area contributed by atoms with E-state index in [-0.39, 0.29) is 24.7 Å². The summed E-state index contributed by atoms with van der Waals surface area (Å²) in [6.45, 7) is 0.330. The molecule has 0 aliphatic carbocycles. The van der Waals surface area contributed by atoms with Crippen molar-refractivity contribution in [3.8, 4) is 0 Å². The number of nitrogens with one attached hydrogen (secondary N) is 2. The van der Waals surface area contributed by atoms with Gasteiger partial charge in [0, 0.05) is 12.2 Å². The largest absolute Gasteiger partial charge is 0.481 e. The Morgan fingerprint density at radius 3 is 2.56 bits per heavy atom. The summed E-state index contributed by atoms with van der Waals surface area (Å²) in [4.78, 5) is 34.4. The van der Waals surface area contributed by atoms with Crippen LogP contribution in [0.1, 0.15) is 22.3 Å². The molecule has 2 aromatic carbocycles. The van der Waals surface area contributed by atoms with Crippen molar-refractivity contribution >= 4 is 23.5 Å². The van der Waals surface area contributed by atoms with Gasteiger partial charge >= 0.3 is 5.97 Å². The number of benzene rings is 2. The average Bonchev–Trinajstić information content (AvgIpc) is 2.93.